The van der Waals surface area contributed by atoms with Crippen LogP contribution in [0.1, 0.15) is 16.8 Å². The molecule has 0 amide bonds. The Bertz CT molecular complexity index is 782. The standard InChI is InChI=1S/C13H13F3N2O3S/c1-18-11(7-19)6-17-12(18)22(20,21)8-9-3-2-4-10(5-9)13(14,15)16/h2-6,19H,7-8H2,1H3. The van der Waals surface area contributed by atoms with Gasteiger partial charge in [-0.1, -0.05) is 18.2 Å². The fraction of sp³-hybridized carbons (Fsp3) is 0.308. The molecule has 0 bridgehead atoms. The minimum Gasteiger partial charge on any atom is -0.390 e. The summed E-state index contributed by atoms with van der Waals surface area (Å²) in [6.07, 6.45) is -3.33. The Hall–Kier alpha value is -1.87. The molecule has 1 N–H and O–H groups in total. The highest BCUT2D eigenvalue weighted by Crippen LogP contribution is 2.30. The number of halogens is 3. The van der Waals surface area contributed by atoms with Crippen molar-refractivity contribution in [3.8, 4) is 0 Å². The lowest BCUT2D eigenvalue weighted by molar-refractivity contribution is -0.137. The van der Waals surface area contributed by atoms with Gasteiger partial charge in [0, 0.05) is 7.05 Å². The lowest BCUT2D eigenvalue weighted by Gasteiger charge is -2.09. The van der Waals surface area contributed by atoms with Crippen LogP contribution in [-0.4, -0.2) is 23.1 Å². The van der Waals surface area contributed by atoms with E-state index in [-0.39, 0.29) is 17.3 Å². The molecule has 0 aliphatic heterocycles. The van der Waals surface area contributed by atoms with Gasteiger partial charge in [0.15, 0.2) is 0 Å². The molecule has 9 heteroatoms. The van der Waals surface area contributed by atoms with Crippen molar-refractivity contribution in [2.24, 2.45) is 7.05 Å². The van der Waals surface area contributed by atoms with E-state index in [4.69, 9.17) is 5.11 Å². The number of rotatable bonds is 4. The monoisotopic (exact) mass is 334 g/mol. The number of aromatic nitrogens is 2. The van der Waals surface area contributed by atoms with Crippen molar-refractivity contribution >= 4 is 9.84 Å². The molecule has 5 nitrogen and oxygen atoms in total. The zero-order valence-electron chi connectivity index (χ0n) is 11.5. The molecule has 0 radical (unpaired) electrons. The summed E-state index contributed by atoms with van der Waals surface area (Å²) in [7, 11) is -2.51. The van der Waals surface area contributed by atoms with Gasteiger partial charge in [0.2, 0.25) is 15.0 Å². The summed E-state index contributed by atoms with van der Waals surface area (Å²) in [5.74, 6) is -0.605. The molecule has 1 heterocycles. The summed E-state index contributed by atoms with van der Waals surface area (Å²) in [5, 5.41) is 8.74. The van der Waals surface area contributed by atoms with Crippen LogP contribution in [-0.2, 0) is 35.4 Å². The molecule has 2 aromatic rings. The average molecular weight is 334 g/mol. The van der Waals surface area contributed by atoms with Gasteiger partial charge >= 0.3 is 6.18 Å². The summed E-state index contributed by atoms with van der Waals surface area (Å²) in [5.41, 5.74) is -0.595. The largest absolute Gasteiger partial charge is 0.416 e. The molecule has 1 aromatic carbocycles. The third kappa shape index (κ3) is 3.30. The Balaban J connectivity index is 2.35. The number of benzene rings is 1. The smallest absolute Gasteiger partial charge is 0.390 e. The highest BCUT2D eigenvalue weighted by atomic mass is 32.2. The van der Waals surface area contributed by atoms with Crippen LogP contribution in [0.15, 0.2) is 35.6 Å². The van der Waals surface area contributed by atoms with Gasteiger partial charge in [0.05, 0.1) is 29.8 Å². The molecule has 0 saturated heterocycles. The topological polar surface area (TPSA) is 72.2 Å². The molecule has 0 aliphatic rings. The predicted octanol–water partition coefficient (Wildman–Crippen LogP) is 1.91. The van der Waals surface area contributed by atoms with Crippen LogP contribution < -0.4 is 0 Å². The third-order valence-electron chi connectivity index (χ3n) is 3.09. The van der Waals surface area contributed by atoms with Gasteiger partial charge in [-0.15, -0.1) is 0 Å². The van der Waals surface area contributed by atoms with Crippen LogP contribution in [0.4, 0.5) is 13.2 Å². The molecule has 0 aliphatic carbocycles. The lowest BCUT2D eigenvalue weighted by Crippen LogP contribution is -2.13. The maximum Gasteiger partial charge on any atom is 0.416 e. The van der Waals surface area contributed by atoms with Crippen molar-refractivity contribution in [1.82, 2.24) is 9.55 Å². The second kappa shape index (κ2) is 5.73. The van der Waals surface area contributed by atoms with Crippen LogP contribution in [0.2, 0.25) is 0 Å². The van der Waals surface area contributed by atoms with Crippen LogP contribution in [0.25, 0.3) is 0 Å². The van der Waals surface area contributed by atoms with E-state index in [1.165, 1.54) is 23.9 Å². The molecule has 0 saturated carbocycles. The molecule has 0 atom stereocenters. The molecule has 1 aromatic heterocycles. The Labute approximate surface area is 125 Å². The fourth-order valence-electron chi connectivity index (χ4n) is 1.98. The van der Waals surface area contributed by atoms with Crippen molar-refractivity contribution in [2.75, 3.05) is 0 Å². The maximum atomic E-state index is 12.6. The second-order valence-electron chi connectivity index (χ2n) is 4.71. The van der Waals surface area contributed by atoms with Gasteiger partial charge in [0.25, 0.3) is 0 Å². The highest BCUT2D eigenvalue weighted by molar-refractivity contribution is 7.90. The minimum absolute atomic E-state index is 0.0170. The van der Waals surface area contributed by atoms with E-state index < -0.39 is 27.3 Å². The zero-order valence-corrected chi connectivity index (χ0v) is 12.3. The Morgan fingerprint density at radius 2 is 2.00 bits per heavy atom. The van der Waals surface area contributed by atoms with E-state index in [1.807, 2.05) is 0 Å². The molecule has 120 valence electrons. The number of imidazole rings is 1. The Morgan fingerprint density at radius 1 is 1.32 bits per heavy atom. The number of aliphatic hydroxyl groups is 1. The quantitative estimate of drug-likeness (QED) is 0.927. The zero-order chi connectivity index (χ0) is 16.5. The first-order valence-corrected chi connectivity index (χ1v) is 7.80. The van der Waals surface area contributed by atoms with Gasteiger partial charge in [0.1, 0.15) is 0 Å². The predicted molar refractivity (Wildman–Crippen MR) is 71.5 cm³/mol. The molecule has 0 unspecified atom stereocenters. The lowest BCUT2D eigenvalue weighted by atomic mass is 10.1. The van der Waals surface area contributed by atoms with E-state index in [0.717, 1.165) is 18.2 Å². The van der Waals surface area contributed by atoms with Crippen molar-refractivity contribution in [2.45, 2.75) is 23.7 Å². The Morgan fingerprint density at radius 3 is 2.55 bits per heavy atom. The summed E-state index contributed by atoms with van der Waals surface area (Å²) >= 11 is 0. The van der Waals surface area contributed by atoms with Crippen LogP contribution in [0.3, 0.4) is 0 Å². The molecule has 0 fully saturated rings. The van der Waals surface area contributed by atoms with Crippen LogP contribution in [0, 0.1) is 0 Å². The number of nitrogens with zero attached hydrogens (tertiary/aromatic N) is 2. The summed E-state index contributed by atoms with van der Waals surface area (Å²) < 4.78 is 63.7. The Kier molecular flexibility index (Phi) is 4.30. The molecule has 0 spiro atoms. The molecule has 22 heavy (non-hydrogen) atoms. The first-order valence-electron chi connectivity index (χ1n) is 6.15. The van der Waals surface area contributed by atoms with Crippen molar-refractivity contribution in [1.29, 1.82) is 0 Å². The minimum atomic E-state index is -4.53. The van der Waals surface area contributed by atoms with Crippen molar-refractivity contribution in [3.63, 3.8) is 0 Å². The SMILES string of the molecule is Cn1c(CO)cnc1S(=O)(=O)Cc1cccc(C(F)(F)F)c1. The highest BCUT2D eigenvalue weighted by Gasteiger charge is 2.31. The maximum absolute atomic E-state index is 12.6. The van der Waals surface area contributed by atoms with Gasteiger partial charge in [-0.25, -0.2) is 13.4 Å². The number of hydrogen-bond donors (Lipinski definition) is 1. The van der Waals surface area contributed by atoms with Gasteiger partial charge < -0.3 is 9.67 Å². The number of aliphatic hydroxyl groups excluding tert-OH is 1. The van der Waals surface area contributed by atoms with Crippen LogP contribution >= 0.6 is 0 Å². The number of alkyl halides is 3. The molecule has 2 rings (SSSR count). The normalized spacial score (nSPS) is 12.6. The van der Waals surface area contributed by atoms with Crippen molar-refractivity contribution in [3.05, 3.63) is 47.3 Å². The van der Waals surface area contributed by atoms with E-state index in [1.54, 1.807) is 0 Å². The number of sulfone groups is 1. The summed E-state index contributed by atoms with van der Waals surface area (Å²) in [6.45, 7) is -0.386. The summed E-state index contributed by atoms with van der Waals surface area (Å²) in [6, 6.07) is 4.14. The fourth-order valence-corrected chi connectivity index (χ4v) is 3.48. The van der Waals surface area contributed by atoms with Crippen LogP contribution in [0.5, 0.6) is 0 Å². The average Bonchev–Trinajstić information content (AvgIpc) is 2.79. The molecular formula is C13H13F3N2O3S. The number of hydrogen-bond acceptors (Lipinski definition) is 4. The first kappa shape index (κ1) is 16.5. The molecular weight excluding hydrogens is 321 g/mol. The van der Waals surface area contributed by atoms with Gasteiger partial charge in [-0.05, 0) is 11.6 Å². The van der Waals surface area contributed by atoms with Crippen molar-refractivity contribution < 1.29 is 26.7 Å². The van der Waals surface area contributed by atoms with E-state index >= 15 is 0 Å². The van der Waals surface area contributed by atoms with Gasteiger partial charge in [-0.3, -0.25) is 0 Å². The second-order valence-corrected chi connectivity index (χ2v) is 6.59. The van der Waals surface area contributed by atoms with E-state index in [2.05, 4.69) is 4.98 Å². The van der Waals surface area contributed by atoms with E-state index in [0.29, 0.717) is 5.69 Å². The summed E-state index contributed by atoms with van der Waals surface area (Å²) in [4.78, 5) is 3.72. The van der Waals surface area contributed by atoms with Gasteiger partial charge in [-0.2, -0.15) is 13.2 Å². The third-order valence-corrected chi connectivity index (χ3v) is 4.74. The first-order chi connectivity index (χ1) is 10.1. The van der Waals surface area contributed by atoms with E-state index in [9.17, 15) is 21.6 Å².